The monoisotopic (exact) mass is 445 g/mol. The molecule has 150 valence electrons. The van der Waals surface area contributed by atoms with Crippen LogP contribution in [0.2, 0.25) is 0 Å². The molecule has 0 bridgehead atoms. The van der Waals surface area contributed by atoms with Crippen molar-refractivity contribution in [2.75, 3.05) is 44.7 Å². The van der Waals surface area contributed by atoms with E-state index in [4.69, 9.17) is 4.74 Å². The van der Waals surface area contributed by atoms with Crippen LogP contribution in [0.5, 0.6) is 5.75 Å². The highest BCUT2D eigenvalue weighted by atomic mass is 79.9. The molecule has 3 rings (SSSR count). The second kappa shape index (κ2) is 10.5. The fraction of sp³-hybridized carbons (Fsp3) is 0.409. The third-order valence-corrected chi connectivity index (χ3v) is 5.61. The average Bonchev–Trinajstić information content (AvgIpc) is 2.72. The van der Waals surface area contributed by atoms with Crippen LogP contribution in [0.4, 0.5) is 5.69 Å². The molecule has 1 saturated heterocycles. The molecule has 6 heteroatoms. The van der Waals surface area contributed by atoms with Gasteiger partial charge in [0.1, 0.15) is 5.75 Å². The molecule has 28 heavy (non-hydrogen) atoms. The van der Waals surface area contributed by atoms with Crippen LogP contribution in [-0.4, -0.2) is 50.6 Å². The summed E-state index contributed by atoms with van der Waals surface area (Å²) in [6.07, 6.45) is 1.15. The first kappa shape index (κ1) is 20.7. The van der Waals surface area contributed by atoms with Gasteiger partial charge in [0, 0.05) is 44.8 Å². The SMILES string of the molecule is CN1CCN(c2ccccc2CNC(=O)CCCOc2ccccc2Br)CC1. The van der Waals surface area contributed by atoms with Crippen LogP contribution in [0, 0.1) is 0 Å². The summed E-state index contributed by atoms with van der Waals surface area (Å²) in [5.74, 6) is 0.868. The van der Waals surface area contributed by atoms with Crippen molar-refractivity contribution in [1.82, 2.24) is 10.2 Å². The van der Waals surface area contributed by atoms with E-state index in [1.807, 2.05) is 30.3 Å². The van der Waals surface area contributed by atoms with Gasteiger partial charge in [-0.1, -0.05) is 30.3 Å². The quantitative estimate of drug-likeness (QED) is 0.629. The van der Waals surface area contributed by atoms with Crippen LogP contribution in [0.1, 0.15) is 18.4 Å². The number of nitrogens with one attached hydrogen (secondary N) is 1. The van der Waals surface area contributed by atoms with Crippen molar-refractivity contribution in [1.29, 1.82) is 0 Å². The predicted octanol–water partition coefficient (Wildman–Crippen LogP) is 3.68. The maximum Gasteiger partial charge on any atom is 0.220 e. The predicted molar refractivity (Wildman–Crippen MR) is 117 cm³/mol. The maximum absolute atomic E-state index is 12.2. The average molecular weight is 446 g/mol. The molecule has 2 aromatic rings. The number of rotatable bonds is 8. The van der Waals surface area contributed by atoms with Crippen LogP contribution < -0.4 is 15.0 Å². The lowest BCUT2D eigenvalue weighted by atomic mass is 10.1. The minimum Gasteiger partial charge on any atom is -0.492 e. The first-order chi connectivity index (χ1) is 13.6. The number of hydrogen-bond donors (Lipinski definition) is 1. The lowest BCUT2D eigenvalue weighted by Crippen LogP contribution is -2.45. The first-order valence-electron chi connectivity index (χ1n) is 9.79. The van der Waals surface area contributed by atoms with Crippen LogP contribution in [0.3, 0.4) is 0 Å². The Morgan fingerprint density at radius 2 is 1.79 bits per heavy atom. The number of anilines is 1. The molecule has 1 fully saturated rings. The topological polar surface area (TPSA) is 44.8 Å². The summed E-state index contributed by atoms with van der Waals surface area (Å²) >= 11 is 3.46. The number of carbonyl (C=O) groups excluding carboxylic acids is 1. The van der Waals surface area contributed by atoms with Crippen molar-refractivity contribution in [3.05, 3.63) is 58.6 Å². The van der Waals surface area contributed by atoms with Gasteiger partial charge in [-0.15, -0.1) is 0 Å². The molecule has 1 heterocycles. The van der Waals surface area contributed by atoms with E-state index in [2.05, 4.69) is 56.3 Å². The molecule has 0 saturated carbocycles. The van der Waals surface area contributed by atoms with Gasteiger partial charge >= 0.3 is 0 Å². The number of hydrogen-bond acceptors (Lipinski definition) is 4. The van der Waals surface area contributed by atoms with Crippen LogP contribution in [0.25, 0.3) is 0 Å². The van der Waals surface area contributed by atoms with E-state index in [1.54, 1.807) is 0 Å². The zero-order valence-electron chi connectivity index (χ0n) is 16.4. The van der Waals surface area contributed by atoms with Gasteiger partial charge in [0.05, 0.1) is 11.1 Å². The molecule has 2 aromatic carbocycles. The lowest BCUT2D eigenvalue weighted by Gasteiger charge is -2.35. The van der Waals surface area contributed by atoms with Crippen molar-refractivity contribution in [2.24, 2.45) is 0 Å². The van der Waals surface area contributed by atoms with Crippen molar-refractivity contribution >= 4 is 27.5 Å². The van der Waals surface area contributed by atoms with Crippen molar-refractivity contribution < 1.29 is 9.53 Å². The first-order valence-corrected chi connectivity index (χ1v) is 10.6. The third-order valence-electron chi connectivity index (χ3n) is 4.95. The minimum absolute atomic E-state index is 0.0592. The Balaban J connectivity index is 1.43. The van der Waals surface area contributed by atoms with Gasteiger partial charge in [-0.3, -0.25) is 4.79 Å². The fourth-order valence-electron chi connectivity index (χ4n) is 3.28. The summed E-state index contributed by atoms with van der Waals surface area (Å²) in [5, 5.41) is 3.06. The van der Waals surface area contributed by atoms with E-state index in [0.29, 0.717) is 26.0 Å². The number of ether oxygens (including phenoxy) is 1. The molecule has 0 unspecified atom stereocenters. The maximum atomic E-state index is 12.2. The molecule has 0 aromatic heterocycles. The Labute approximate surface area is 175 Å². The normalized spacial score (nSPS) is 14.7. The van der Waals surface area contributed by atoms with Crippen LogP contribution >= 0.6 is 15.9 Å². The van der Waals surface area contributed by atoms with Gasteiger partial charge in [-0.25, -0.2) is 0 Å². The Morgan fingerprint density at radius 3 is 2.57 bits per heavy atom. The summed E-state index contributed by atoms with van der Waals surface area (Å²) in [6, 6.07) is 16.1. The summed E-state index contributed by atoms with van der Waals surface area (Å²) in [7, 11) is 2.16. The van der Waals surface area contributed by atoms with E-state index in [9.17, 15) is 4.79 Å². The van der Waals surface area contributed by atoms with Crippen molar-refractivity contribution in [3.63, 3.8) is 0 Å². The zero-order valence-corrected chi connectivity index (χ0v) is 18.0. The number of halogens is 1. The van der Waals surface area contributed by atoms with Crippen molar-refractivity contribution in [3.8, 4) is 5.75 Å². The number of likely N-dealkylation sites (N-methyl/N-ethyl adjacent to an activating group) is 1. The van der Waals surface area contributed by atoms with Gasteiger partial charge in [0.2, 0.25) is 5.91 Å². The van der Waals surface area contributed by atoms with E-state index >= 15 is 0 Å². The van der Waals surface area contributed by atoms with E-state index in [-0.39, 0.29) is 5.91 Å². The second-order valence-corrected chi connectivity index (χ2v) is 7.93. The summed E-state index contributed by atoms with van der Waals surface area (Å²) < 4.78 is 6.65. The third kappa shape index (κ3) is 5.97. The molecule has 1 aliphatic heterocycles. The zero-order chi connectivity index (χ0) is 19.8. The standard InChI is InChI=1S/C22H28BrN3O2/c1-25-12-14-26(15-13-25)20-9-4-2-7-18(20)17-24-22(27)11-6-16-28-21-10-5-3-8-19(21)23/h2-5,7-10H,6,11-17H2,1H3,(H,24,27). The number of amides is 1. The molecular weight excluding hydrogens is 418 g/mol. The number of para-hydroxylation sites is 2. The van der Waals surface area contributed by atoms with Crippen LogP contribution in [-0.2, 0) is 11.3 Å². The van der Waals surface area contributed by atoms with Crippen molar-refractivity contribution in [2.45, 2.75) is 19.4 Å². The largest absolute Gasteiger partial charge is 0.492 e. The highest BCUT2D eigenvalue weighted by molar-refractivity contribution is 9.10. The van der Waals surface area contributed by atoms with E-state index < -0.39 is 0 Å². The Bertz CT molecular complexity index is 776. The van der Waals surface area contributed by atoms with Gasteiger partial charge < -0.3 is 19.9 Å². The van der Waals surface area contributed by atoms with Crippen LogP contribution in [0.15, 0.2) is 53.0 Å². The number of carbonyl (C=O) groups is 1. The molecule has 1 aliphatic rings. The summed E-state index contributed by atoms with van der Waals surface area (Å²) in [6.45, 7) is 5.26. The Morgan fingerprint density at radius 1 is 1.07 bits per heavy atom. The molecule has 1 N–H and O–H groups in total. The summed E-state index contributed by atoms with van der Waals surface area (Å²) in [4.78, 5) is 17.0. The minimum atomic E-state index is 0.0592. The molecule has 0 spiro atoms. The molecule has 0 aliphatic carbocycles. The van der Waals surface area contributed by atoms with Gasteiger partial charge in [0.15, 0.2) is 0 Å². The number of benzene rings is 2. The second-order valence-electron chi connectivity index (χ2n) is 7.08. The Kier molecular flexibility index (Phi) is 7.74. The molecule has 0 atom stereocenters. The van der Waals surface area contributed by atoms with E-state index in [1.165, 1.54) is 11.3 Å². The smallest absolute Gasteiger partial charge is 0.220 e. The fourth-order valence-corrected chi connectivity index (χ4v) is 3.67. The Hall–Kier alpha value is -2.05. The van der Waals surface area contributed by atoms with Gasteiger partial charge in [-0.05, 0) is 53.2 Å². The number of piperazine rings is 1. The lowest BCUT2D eigenvalue weighted by molar-refractivity contribution is -0.121. The van der Waals surface area contributed by atoms with Gasteiger partial charge in [-0.2, -0.15) is 0 Å². The molecule has 5 nitrogen and oxygen atoms in total. The highest BCUT2D eigenvalue weighted by Gasteiger charge is 2.16. The number of nitrogens with zero attached hydrogens (tertiary/aromatic N) is 2. The summed E-state index contributed by atoms with van der Waals surface area (Å²) in [5.41, 5.74) is 2.40. The molecule has 1 amide bonds. The molecular formula is C22H28BrN3O2. The van der Waals surface area contributed by atoms with E-state index in [0.717, 1.165) is 36.4 Å². The van der Waals surface area contributed by atoms with Gasteiger partial charge in [0.25, 0.3) is 0 Å². The highest BCUT2D eigenvalue weighted by Crippen LogP contribution is 2.24. The molecule has 0 radical (unpaired) electrons.